The summed E-state index contributed by atoms with van der Waals surface area (Å²) in [6.45, 7) is 6.56. The summed E-state index contributed by atoms with van der Waals surface area (Å²) in [5.74, 6) is -0.986. The average molecular weight is 992 g/mol. The van der Waals surface area contributed by atoms with Gasteiger partial charge in [-0.1, -0.05) is 273 Å². The number of ether oxygens (including phenoxy) is 3. The van der Waals surface area contributed by atoms with Gasteiger partial charge in [0.1, 0.15) is 13.2 Å². The summed E-state index contributed by atoms with van der Waals surface area (Å²) in [7, 11) is 0. The van der Waals surface area contributed by atoms with Gasteiger partial charge in [-0.05, 0) is 83.5 Å². The van der Waals surface area contributed by atoms with Crippen molar-refractivity contribution in [1.82, 2.24) is 0 Å². The second-order valence-corrected chi connectivity index (χ2v) is 20.3. The third kappa shape index (κ3) is 57.6. The number of esters is 3. The van der Waals surface area contributed by atoms with Gasteiger partial charge < -0.3 is 14.2 Å². The molecule has 0 bridgehead atoms. The molecule has 0 aromatic carbocycles. The smallest absolute Gasteiger partial charge is 0.306 e. The Balaban J connectivity index is 4.42. The number of unbranched alkanes of at least 4 members (excludes halogenated alkanes) is 32. The fourth-order valence-electron chi connectivity index (χ4n) is 8.60. The van der Waals surface area contributed by atoms with Crippen LogP contribution in [0.2, 0.25) is 0 Å². The largest absolute Gasteiger partial charge is 0.462 e. The minimum absolute atomic E-state index is 0.105. The molecule has 410 valence electrons. The standard InChI is InChI=1S/C65H114O6/c1-4-7-10-13-16-19-22-25-27-29-31-32-34-35-37-40-43-46-49-52-55-58-64(67)70-61-62(60-69-63(66)57-54-51-48-45-42-39-24-21-18-15-12-9-6-3)71-65(68)59-56-53-50-47-44-41-38-36-33-30-28-26-23-20-17-14-11-8-5-2/h17,20-21,24,26,28,33,36,41,44,50,53,62H,4-16,18-19,22-23,25,27,29-32,34-35,37-40,42-43,45-49,51-52,54-61H2,1-3H3/b20-17-,24-21-,28-26-,36-33-,44-41-,53-50-/t62-/m1/s1. The molecule has 6 heteroatoms. The van der Waals surface area contributed by atoms with Crippen molar-refractivity contribution in [3.05, 3.63) is 72.9 Å². The maximum absolute atomic E-state index is 12.8. The summed E-state index contributed by atoms with van der Waals surface area (Å²) < 4.78 is 16.8. The Morgan fingerprint density at radius 2 is 0.535 bits per heavy atom. The first-order valence-corrected chi connectivity index (χ1v) is 30.4. The highest BCUT2D eigenvalue weighted by Crippen LogP contribution is 2.16. The van der Waals surface area contributed by atoms with Gasteiger partial charge in [-0.3, -0.25) is 14.4 Å². The van der Waals surface area contributed by atoms with Gasteiger partial charge in [-0.15, -0.1) is 0 Å². The minimum atomic E-state index is -0.817. The monoisotopic (exact) mass is 991 g/mol. The first-order chi connectivity index (χ1) is 35.0. The van der Waals surface area contributed by atoms with Crippen LogP contribution in [0.25, 0.3) is 0 Å². The second-order valence-electron chi connectivity index (χ2n) is 20.3. The van der Waals surface area contributed by atoms with E-state index in [-0.39, 0.29) is 37.5 Å². The lowest BCUT2D eigenvalue weighted by molar-refractivity contribution is -0.166. The number of carbonyl (C=O) groups excluding carboxylic acids is 3. The molecule has 0 saturated heterocycles. The molecule has 0 aliphatic heterocycles. The van der Waals surface area contributed by atoms with Crippen molar-refractivity contribution in [3.63, 3.8) is 0 Å². The Morgan fingerprint density at radius 3 is 0.901 bits per heavy atom. The molecule has 0 aromatic heterocycles. The van der Waals surface area contributed by atoms with Crippen LogP contribution in [0.1, 0.15) is 303 Å². The molecule has 0 aromatic rings. The van der Waals surface area contributed by atoms with E-state index < -0.39 is 6.10 Å². The van der Waals surface area contributed by atoms with Crippen molar-refractivity contribution in [2.45, 2.75) is 309 Å². The summed E-state index contributed by atoms with van der Waals surface area (Å²) in [5.41, 5.74) is 0. The molecule has 0 aliphatic carbocycles. The van der Waals surface area contributed by atoms with Gasteiger partial charge in [0, 0.05) is 19.3 Å². The quantitative estimate of drug-likeness (QED) is 0.0261. The van der Waals surface area contributed by atoms with E-state index in [4.69, 9.17) is 14.2 Å². The molecule has 0 aliphatic rings. The van der Waals surface area contributed by atoms with Gasteiger partial charge in [-0.2, -0.15) is 0 Å². The fraction of sp³-hybridized carbons (Fsp3) is 0.769. The number of carbonyl (C=O) groups is 3. The maximum Gasteiger partial charge on any atom is 0.306 e. The van der Waals surface area contributed by atoms with Crippen LogP contribution >= 0.6 is 0 Å². The average Bonchev–Trinajstić information content (AvgIpc) is 3.37. The van der Waals surface area contributed by atoms with E-state index in [1.807, 2.05) is 6.08 Å². The van der Waals surface area contributed by atoms with E-state index in [1.165, 1.54) is 180 Å². The number of allylic oxidation sites excluding steroid dienone is 12. The predicted octanol–water partition coefficient (Wildman–Crippen LogP) is 20.5. The number of hydrogen-bond donors (Lipinski definition) is 0. The van der Waals surface area contributed by atoms with Crippen molar-refractivity contribution in [2.75, 3.05) is 13.2 Å². The van der Waals surface area contributed by atoms with Crippen LogP contribution in [0.5, 0.6) is 0 Å². The molecule has 0 unspecified atom stereocenters. The molecule has 0 amide bonds. The Kier molecular flexibility index (Phi) is 56.8. The van der Waals surface area contributed by atoms with Gasteiger partial charge in [0.25, 0.3) is 0 Å². The summed E-state index contributed by atoms with van der Waals surface area (Å²) in [5, 5.41) is 0. The van der Waals surface area contributed by atoms with Gasteiger partial charge in [-0.25, -0.2) is 0 Å². The molecule has 1 atom stereocenters. The number of rotatable bonds is 55. The third-order valence-corrected chi connectivity index (χ3v) is 13.2. The first kappa shape index (κ1) is 67.8. The van der Waals surface area contributed by atoms with E-state index >= 15 is 0 Å². The molecular formula is C65H114O6. The van der Waals surface area contributed by atoms with E-state index in [0.29, 0.717) is 19.3 Å². The lowest BCUT2D eigenvalue weighted by atomic mass is 10.0. The lowest BCUT2D eigenvalue weighted by Crippen LogP contribution is -2.30. The molecule has 0 rings (SSSR count). The highest BCUT2D eigenvalue weighted by Gasteiger charge is 2.19. The van der Waals surface area contributed by atoms with E-state index in [1.54, 1.807) is 0 Å². The van der Waals surface area contributed by atoms with Gasteiger partial charge >= 0.3 is 17.9 Å². The van der Waals surface area contributed by atoms with E-state index in [9.17, 15) is 14.4 Å². The van der Waals surface area contributed by atoms with Gasteiger partial charge in [0.05, 0.1) is 0 Å². The Morgan fingerprint density at radius 1 is 0.282 bits per heavy atom. The van der Waals surface area contributed by atoms with Crippen LogP contribution in [0.15, 0.2) is 72.9 Å². The minimum Gasteiger partial charge on any atom is -0.462 e. The van der Waals surface area contributed by atoms with Crippen LogP contribution < -0.4 is 0 Å². The van der Waals surface area contributed by atoms with Crippen LogP contribution in [0.4, 0.5) is 0 Å². The molecule has 0 saturated carbocycles. The topological polar surface area (TPSA) is 78.9 Å². The van der Waals surface area contributed by atoms with E-state index in [2.05, 4.69) is 87.6 Å². The van der Waals surface area contributed by atoms with Crippen molar-refractivity contribution >= 4 is 17.9 Å². The molecule has 6 nitrogen and oxygen atoms in total. The third-order valence-electron chi connectivity index (χ3n) is 13.2. The summed E-state index contributed by atoms with van der Waals surface area (Å²) in [6.07, 6.45) is 76.3. The molecule has 0 heterocycles. The second kappa shape index (κ2) is 59.4. The predicted molar refractivity (Wildman–Crippen MR) is 307 cm³/mol. The molecule has 0 N–H and O–H groups in total. The fourth-order valence-corrected chi connectivity index (χ4v) is 8.60. The summed E-state index contributed by atoms with van der Waals surface area (Å²) in [4.78, 5) is 38.2. The SMILES string of the molecule is CCCCC/C=C\C/C=C\C/C=C\C/C=C\C/C=C\CCC(=O)O[C@H](COC(=O)CCCCCCC/C=C\CCCCCC)COC(=O)CCCCCCCCCCCCCCCCCCCCCCC. The molecule has 0 fully saturated rings. The van der Waals surface area contributed by atoms with Gasteiger partial charge in [0.2, 0.25) is 0 Å². The maximum atomic E-state index is 12.8. The van der Waals surface area contributed by atoms with Crippen LogP contribution in [-0.4, -0.2) is 37.2 Å². The van der Waals surface area contributed by atoms with Crippen molar-refractivity contribution in [3.8, 4) is 0 Å². The van der Waals surface area contributed by atoms with Crippen LogP contribution in [-0.2, 0) is 28.6 Å². The zero-order chi connectivity index (χ0) is 51.4. The lowest BCUT2D eigenvalue weighted by Gasteiger charge is -2.18. The molecular weight excluding hydrogens is 877 g/mol. The first-order valence-electron chi connectivity index (χ1n) is 30.4. The molecule has 0 spiro atoms. The normalized spacial score (nSPS) is 12.5. The summed E-state index contributed by atoms with van der Waals surface area (Å²) in [6, 6.07) is 0. The van der Waals surface area contributed by atoms with Crippen LogP contribution in [0, 0.1) is 0 Å². The molecule has 0 radical (unpaired) electrons. The highest BCUT2D eigenvalue weighted by molar-refractivity contribution is 5.71. The Bertz CT molecular complexity index is 1320. The van der Waals surface area contributed by atoms with E-state index in [0.717, 1.165) is 77.0 Å². The zero-order valence-electron chi connectivity index (χ0n) is 47.0. The number of hydrogen-bond acceptors (Lipinski definition) is 6. The summed E-state index contributed by atoms with van der Waals surface area (Å²) >= 11 is 0. The Hall–Kier alpha value is -3.15. The van der Waals surface area contributed by atoms with Crippen molar-refractivity contribution < 1.29 is 28.6 Å². The Labute approximate surface area is 440 Å². The molecule has 71 heavy (non-hydrogen) atoms. The zero-order valence-corrected chi connectivity index (χ0v) is 47.0. The van der Waals surface area contributed by atoms with Crippen LogP contribution in [0.3, 0.4) is 0 Å². The highest BCUT2D eigenvalue weighted by atomic mass is 16.6. The van der Waals surface area contributed by atoms with Crippen molar-refractivity contribution in [1.29, 1.82) is 0 Å². The van der Waals surface area contributed by atoms with Gasteiger partial charge in [0.15, 0.2) is 6.10 Å². The van der Waals surface area contributed by atoms with Crippen molar-refractivity contribution in [2.24, 2.45) is 0 Å².